The van der Waals surface area contributed by atoms with Crippen LogP contribution in [0.15, 0.2) is 4.99 Å². The van der Waals surface area contributed by atoms with Crippen molar-refractivity contribution in [3.63, 3.8) is 0 Å². The lowest BCUT2D eigenvalue weighted by atomic mass is 10.2. The maximum Gasteiger partial charge on any atom is 0.160 e. The van der Waals surface area contributed by atoms with Crippen molar-refractivity contribution in [1.82, 2.24) is 9.80 Å². The zero-order chi connectivity index (χ0) is 8.39. The topological polar surface area (TPSA) is 18.8 Å². The summed E-state index contributed by atoms with van der Waals surface area (Å²) in [6.07, 6.45) is 6.06. The molecule has 12 heavy (non-hydrogen) atoms. The Morgan fingerprint density at radius 3 is 3.17 bits per heavy atom. The molecule has 0 bridgehead atoms. The quantitative estimate of drug-likeness (QED) is 0.549. The fourth-order valence-corrected chi connectivity index (χ4v) is 2.43. The molecule has 3 nitrogen and oxygen atoms in total. The average Bonchev–Trinajstić information content (AvgIpc) is 2.17. The van der Waals surface area contributed by atoms with Crippen molar-refractivity contribution in [1.29, 1.82) is 0 Å². The minimum absolute atomic E-state index is 0.380. The van der Waals surface area contributed by atoms with Crippen LogP contribution in [-0.4, -0.2) is 48.2 Å². The molecule has 2 atom stereocenters. The van der Waals surface area contributed by atoms with Gasteiger partial charge in [-0.05, 0) is 22.1 Å². The zero-order valence-electron chi connectivity index (χ0n) is 7.45. The van der Waals surface area contributed by atoms with Gasteiger partial charge in [-0.2, -0.15) is 0 Å². The van der Waals surface area contributed by atoms with E-state index in [1.54, 1.807) is 0 Å². The molecule has 0 aliphatic carbocycles. The third-order valence-corrected chi connectivity index (χ3v) is 3.19. The first-order valence-corrected chi connectivity index (χ1v) is 5.71. The molecule has 0 N–H and O–H groups in total. The van der Waals surface area contributed by atoms with Crippen LogP contribution in [0.2, 0.25) is 0 Å². The van der Waals surface area contributed by atoms with Crippen LogP contribution < -0.4 is 0 Å². The number of hydrogen-bond acceptors (Lipinski definition) is 3. The molecule has 2 aliphatic heterocycles. The maximum atomic E-state index is 4.54. The molecule has 0 aromatic rings. The highest BCUT2D eigenvalue weighted by atomic mass is 31.0. The van der Waals surface area contributed by atoms with Crippen molar-refractivity contribution in [3.05, 3.63) is 0 Å². The lowest BCUT2D eigenvalue weighted by Crippen LogP contribution is -2.53. The van der Waals surface area contributed by atoms with Crippen LogP contribution in [-0.2, 0) is 0 Å². The lowest BCUT2D eigenvalue weighted by molar-refractivity contribution is 0.0207. The number of fused-ring (bicyclic) bond motifs is 1. The second-order valence-electron chi connectivity index (χ2n) is 3.39. The molecular formula is C8H17N3P+. The summed E-state index contributed by atoms with van der Waals surface area (Å²) in [4.78, 5) is 9.47. The lowest BCUT2D eigenvalue weighted by Gasteiger charge is -2.41. The highest BCUT2D eigenvalue weighted by Gasteiger charge is 2.29. The number of nitrogens with zero attached hydrogens (tertiary/aromatic N) is 3. The minimum Gasteiger partial charge on any atom is -0.269 e. The van der Waals surface area contributed by atoms with Crippen LogP contribution in [0.1, 0.15) is 12.8 Å². The summed E-state index contributed by atoms with van der Waals surface area (Å²) in [5.74, 6) is 0. The maximum absolute atomic E-state index is 4.54. The Hall–Kier alpha value is 0.0200. The van der Waals surface area contributed by atoms with Gasteiger partial charge in [0, 0.05) is 25.8 Å². The van der Waals surface area contributed by atoms with Crippen LogP contribution in [0.25, 0.3) is 0 Å². The summed E-state index contributed by atoms with van der Waals surface area (Å²) in [7, 11) is 2.03. The van der Waals surface area contributed by atoms with Crippen molar-refractivity contribution < 1.29 is 0 Å². The molecular weight excluding hydrogens is 169 g/mol. The largest absolute Gasteiger partial charge is 0.269 e. The number of hydrogen-bond donors (Lipinski definition) is 0. The van der Waals surface area contributed by atoms with Gasteiger partial charge in [-0.1, -0.05) is 0 Å². The van der Waals surface area contributed by atoms with E-state index in [2.05, 4.69) is 21.0 Å². The molecule has 2 aliphatic rings. The first-order chi connectivity index (χ1) is 5.92. The summed E-state index contributed by atoms with van der Waals surface area (Å²) in [5.41, 5.74) is 0. The van der Waals surface area contributed by atoms with Crippen molar-refractivity contribution in [2.45, 2.75) is 19.1 Å². The smallest absolute Gasteiger partial charge is 0.160 e. The summed E-state index contributed by atoms with van der Waals surface area (Å²) in [6, 6.07) is 0. The average molecular weight is 186 g/mol. The van der Waals surface area contributed by atoms with Gasteiger partial charge < -0.3 is 0 Å². The van der Waals surface area contributed by atoms with Gasteiger partial charge in [0.05, 0.1) is 0 Å². The van der Waals surface area contributed by atoms with Crippen molar-refractivity contribution in [2.24, 2.45) is 4.99 Å². The van der Waals surface area contributed by atoms with E-state index in [4.69, 9.17) is 0 Å². The summed E-state index contributed by atoms with van der Waals surface area (Å²) >= 11 is 0. The summed E-state index contributed by atoms with van der Waals surface area (Å²) in [5, 5.41) is 0. The molecule has 2 unspecified atom stereocenters. The second kappa shape index (κ2) is 3.82. The van der Waals surface area contributed by atoms with Gasteiger partial charge >= 0.3 is 0 Å². The van der Waals surface area contributed by atoms with Gasteiger partial charge in [-0.25, -0.2) is 4.90 Å². The number of aliphatic imine (C=N–C) groups is 1. The van der Waals surface area contributed by atoms with E-state index >= 15 is 0 Å². The van der Waals surface area contributed by atoms with Gasteiger partial charge in [0.1, 0.15) is 6.29 Å². The molecule has 1 saturated heterocycles. The van der Waals surface area contributed by atoms with E-state index in [1.807, 2.05) is 9.24 Å². The fraction of sp³-hybridized carbons (Fsp3) is 0.875. The Labute approximate surface area is 76.0 Å². The van der Waals surface area contributed by atoms with Crippen LogP contribution in [0.3, 0.4) is 0 Å². The molecule has 2 heterocycles. The molecule has 1 fully saturated rings. The molecule has 0 aromatic heterocycles. The molecule has 0 spiro atoms. The molecule has 68 valence electrons. The van der Waals surface area contributed by atoms with E-state index in [9.17, 15) is 0 Å². The van der Waals surface area contributed by atoms with Crippen molar-refractivity contribution in [2.75, 3.05) is 25.9 Å². The molecule has 0 radical (unpaired) electrons. The van der Waals surface area contributed by atoms with E-state index in [1.165, 1.54) is 26.1 Å². The minimum atomic E-state index is 0.380. The predicted octanol–water partition coefficient (Wildman–Crippen LogP) is 0.317. The summed E-state index contributed by atoms with van der Waals surface area (Å²) in [6.45, 7) is 3.66. The van der Waals surface area contributed by atoms with E-state index in [0.717, 1.165) is 12.7 Å². The highest BCUT2D eigenvalue weighted by molar-refractivity contribution is 7.16. The van der Waals surface area contributed by atoms with Gasteiger partial charge in [0.25, 0.3) is 0 Å². The Balaban J connectivity index is 2.07. The molecule has 0 amide bonds. The van der Waals surface area contributed by atoms with Gasteiger partial charge in [-0.15, -0.1) is 0 Å². The predicted molar refractivity (Wildman–Crippen MR) is 55.8 cm³/mol. The standard InChI is InChI=1S/C8H16N3P/c12-7-11-6-2-5-10-4-1-3-9-8(10)11/h3,8H,1-2,4-7,12H2/p+1. The molecule has 2 rings (SSSR count). The SMILES string of the molecule is [PH3+]CN1CCCN2CCC=NC12. The summed E-state index contributed by atoms with van der Waals surface area (Å²) < 4.78 is 0. The molecule has 0 saturated carbocycles. The zero-order valence-corrected chi connectivity index (χ0v) is 8.86. The number of rotatable bonds is 1. The van der Waals surface area contributed by atoms with Crippen LogP contribution in [0, 0.1) is 0 Å². The Bertz CT molecular complexity index is 183. The molecule has 0 aromatic carbocycles. The van der Waals surface area contributed by atoms with E-state index in [-0.39, 0.29) is 0 Å². The van der Waals surface area contributed by atoms with Crippen molar-refractivity contribution >= 4 is 15.5 Å². The Morgan fingerprint density at radius 1 is 1.42 bits per heavy atom. The van der Waals surface area contributed by atoms with Crippen LogP contribution in [0.5, 0.6) is 0 Å². The van der Waals surface area contributed by atoms with E-state index in [0.29, 0.717) is 6.29 Å². The van der Waals surface area contributed by atoms with E-state index < -0.39 is 0 Å². The Kier molecular flexibility index (Phi) is 2.74. The van der Waals surface area contributed by atoms with Gasteiger partial charge in [0.2, 0.25) is 0 Å². The normalized spacial score (nSPS) is 32.2. The second-order valence-corrected chi connectivity index (χ2v) is 3.84. The monoisotopic (exact) mass is 186 g/mol. The van der Waals surface area contributed by atoms with Crippen molar-refractivity contribution in [3.8, 4) is 0 Å². The third kappa shape index (κ3) is 1.54. The van der Waals surface area contributed by atoms with Gasteiger partial charge in [-0.3, -0.25) is 9.89 Å². The van der Waals surface area contributed by atoms with Crippen LogP contribution in [0.4, 0.5) is 0 Å². The first-order valence-electron chi connectivity index (χ1n) is 4.71. The first kappa shape index (κ1) is 8.61. The highest BCUT2D eigenvalue weighted by Crippen LogP contribution is 2.18. The van der Waals surface area contributed by atoms with Gasteiger partial charge in [0.15, 0.2) is 6.29 Å². The third-order valence-electron chi connectivity index (χ3n) is 2.62. The fourth-order valence-electron chi connectivity index (χ4n) is 1.97. The van der Waals surface area contributed by atoms with Crippen LogP contribution >= 0.6 is 9.24 Å². The molecule has 4 heteroatoms. The Morgan fingerprint density at radius 2 is 2.33 bits per heavy atom.